The van der Waals surface area contributed by atoms with Crippen molar-refractivity contribution in [2.45, 2.75) is 24.9 Å². The summed E-state index contributed by atoms with van der Waals surface area (Å²) in [5.41, 5.74) is 0. The van der Waals surface area contributed by atoms with Gasteiger partial charge in [0, 0.05) is 25.4 Å². The molecular weight excluding hydrogens is 296 g/mol. The molecule has 1 aromatic rings. The Labute approximate surface area is 125 Å². The largest absolute Gasteiger partial charge is 0.370 e. The van der Waals surface area contributed by atoms with Crippen LogP contribution in [-0.4, -0.2) is 49.7 Å². The SMILES string of the molecule is CCCNc1cc(NCCCS(C)(=O)=O)nc(SC)n1. The van der Waals surface area contributed by atoms with Crippen LogP contribution in [0.2, 0.25) is 0 Å². The quantitative estimate of drug-likeness (QED) is 0.408. The standard InChI is InChI=1S/C12H22N4O2S2/c1-4-6-13-10-9-11(16-12(15-10)19-2)14-7-5-8-20(3,17)18/h9H,4-8H2,1-3H3,(H2,13,14,15,16). The summed E-state index contributed by atoms with van der Waals surface area (Å²) in [6.45, 7) is 3.53. The van der Waals surface area contributed by atoms with Gasteiger partial charge in [-0.3, -0.25) is 0 Å². The molecule has 0 aliphatic rings. The summed E-state index contributed by atoms with van der Waals surface area (Å²) in [7, 11) is -2.90. The minimum absolute atomic E-state index is 0.182. The number of sulfone groups is 1. The second kappa shape index (κ2) is 8.31. The van der Waals surface area contributed by atoms with Crippen LogP contribution >= 0.6 is 11.8 Å². The van der Waals surface area contributed by atoms with Crippen LogP contribution in [0.3, 0.4) is 0 Å². The molecule has 0 aliphatic heterocycles. The first-order valence-corrected chi connectivity index (χ1v) is 9.81. The van der Waals surface area contributed by atoms with Gasteiger partial charge in [0.1, 0.15) is 21.5 Å². The number of nitrogens with one attached hydrogen (secondary N) is 2. The molecule has 1 rings (SSSR count). The molecule has 2 N–H and O–H groups in total. The maximum absolute atomic E-state index is 11.0. The number of hydrogen-bond acceptors (Lipinski definition) is 7. The van der Waals surface area contributed by atoms with Crippen LogP contribution in [0.5, 0.6) is 0 Å². The van der Waals surface area contributed by atoms with E-state index in [0.29, 0.717) is 18.1 Å². The minimum atomic E-state index is -2.90. The molecule has 1 aromatic heterocycles. The van der Waals surface area contributed by atoms with E-state index < -0.39 is 9.84 Å². The lowest BCUT2D eigenvalue weighted by atomic mass is 10.4. The van der Waals surface area contributed by atoms with E-state index in [1.54, 1.807) is 0 Å². The minimum Gasteiger partial charge on any atom is -0.370 e. The molecule has 1 heterocycles. The van der Waals surface area contributed by atoms with Crippen molar-refractivity contribution in [2.75, 3.05) is 42.0 Å². The Morgan fingerprint density at radius 2 is 1.80 bits per heavy atom. The summed E-state index contributed by atoms with van der Waals surface area (Å²) in [5.74, 6) is 1.69. The number of aromatic nitrogens is 2. The van der Waals surface area contributed by atoms with Crippen LogP contribution in [0.4, 0.5) is 11.6 Å². The van der Waals surface area contributed by atoms with Gasteiger partial charge in [-0.05, 0) is 19.1 Å². The van der Waals surface area contributed by atoms with Crippen molar-refractivity contribution in [3.05, 3.63) is 6.07 Å². The Bertz CT molecular complexity index is 520. The zero-order valence-electron chi connectivity index (χ0n) is 12.1. The van der Waals surface area contributed by atoms with Crippen molar-refractivity contribution in [3.8, 4) is 0 Å². The van der Waals surface area contributed by atoms with Crippen molar-refractivity contribution in [2.24, 2.45) is 0 Å². The van der Waals surface area contributed by atoms with Crippen molar-refractivity contribution < 1.29 is 8.42 Å². The molecule has 0 aromatic carbocycles. The molecule has 114 valence electrons. The Morgan fingerprint density at radius 1 is 1.20 bits per heavy atom. The molecule has 0 atom stereocenters. The number of anilines is 2. The summed E-state index contributed by atoms with van der Waals surface area (Å²) in [5, 5.41) is 7.06. The van der Waals surface area contributed by atoms with Crippen LogP contribution in [0.15, 0.2) is 11.2 Å². The Hall–Kier alpha value is -1.02. The average molecular weight is 318 g/mol. The van der Waals surface area contributed by atoms with Gasteiger partial charge in [0.2, 0.25) is 0 Å². The summed E-state index contributed by atoms with van der Waals surface area (Å²) >= 11 is 1.48. The van der Waals surface area contributed by atoms with Gasteiger partial charge in [0.25, 0.3) is 0 Å². The van der Waals surface area contributed by atoms with Crippen molar-refractivity contribution in [1.82, 2.24) is 9.97 Å². The van der Waals surface area contributed by atoms with Gasteiger partial charge in [-0.2, -0.15) is 0 Å². The molecule has 0 fully saturated rings. The van der Waals surface area contributed by atoms with Crippen molar-refractivity contribution in [1.29, 1.82) is 0 Å². The van der Waals surface area contributed by atoms with E-state index in [1.807, 2.05) is 12.3 Å². The van der Waals surface area contributed by atoms with E-state index >= 15 is 0 Å². The predicted molar refractivity (Wildman–Crippen MR) is 85.4 cm³/mol. The highest BCUT2D eigenvalue weighted by molar-refractivity contribution is 7.98. The van der Waals surface area contributed by atoms with Crippen LogP contribution in [0, 0.1) is 0 Å². The number of hydrogen-bond donors (Lipinski definition) is 2. The molecular formula is C12H22N4O2S2. The maximum Gasteiger partial charge on any atom is 0.191 e. The van der Waals surface area contributed by atoms with E-state index in [-0.39, 0.29) is 5.75 Å². The van der Waals surface area contributed by atoms with Gasteiger partial charge in [-0.15, -0.1) is 0 Å². The first-order chi connectivity index (χ1) is 9.44. The molecule has 8 heteroatoms. The first kappa shape index (κ1) is 17.0. The van der Waals surface area contributed by atoms with Gasteiger partial charge >= 0.3 is 0 Å². The summed E-state index contributed by atoms with van der Waals surface area (Å²) in [6, 6.07) is 1.84. The smallest absolute Gasteiger partial charge is 0.191 e. The van der Waals surface area contributed by atoms with Crippen LogP contribution in [-0.2, 0) is 9.84 Å². The zero-order valence-corrected chi connectivity index (χ0v) is 13.8. The number of rotatable bonds is 9. The number of thioether (sulfide) groups is 1. The van der Waals surface area contributed by atoms with Crippen LogP contribution < -0.4 is 10.6 Å². The molecule has 0 spiro atoms. The van der Waals surface area contributed by atoms with E-state index in [0.717, 1.165) is 24.6 Å². The average Bonchev–Trinajstić information content (AvgIpc) is 2.40. The molecule has 0 saturated heterocycles. The molecule has 0 bridgehead atoms. The normalized spacial score (nSPS) is 11.3. The van der Waals surface area contributed by atoms with Gasteiger partial charge < -0.3 is 10.6 Å². The third kappa shape index (κ3) is 6.95. The summed E-state index contributed by atoms with van der Waals surface area (Å²) < 4.78 is 22.1. The Kier molecular flexibility index (Phi) is 7.08. The van der Waals surface area contributed by atoms with Gasteiger partial charge in [0.15, 0.2) is 5.16 Å². The predicted octanol–water partition coefficient (Wildman–Crippen LogP) is 1.87. The molecule has 0 unspecified atom stereocenters. The van der Waals surface area contributed by atoms with E-state index in [2.05, 4.69) is 27.5 Å². The first-order valence-electron chi connectivity index (χ1n) is 6.53. The highest BCUT2D eigenvalue weighted by Gasteiger charge is 2.05. The van der Waals surface area contributed by atoms with Crippen LogP contribution in [0.1, 0.15) is 19.8 Å². The maximum atomic E-state index is 11.0. The lowest BCUT2D eigenvalue weighted by Gasteiger charge is -2.10. The topological polar surface area (TPSA) is 84.0 Å². The highest BCUT2D eigenvalue weighted by Crippen LogP contribution is 2.17. The van der Waals surface area contributed by atoms with E-state index in [4.69, 9.17) is 0 Å². The van der Waals surface area contributed by atoms with Gasteiger partial charge in [0.05, 0.1) is 5.75 Å². The fraction of sp³-hybridized carbons (Fsp3) is 0.667. The Morgan fingerprint density at radius 3 is 2.30 bits per heavy atom. The third-order valence-electron chi connectivity index (χ3n) is 2.44. The second-order valence-corrected chi connectivity index (χ2v) is 7.50. The van der Waals surface area contributed by atoms with E-state index in [1.165, 1.54) is 18.0 Å². The molecule has 0 saturated carbocycles. The second-order valence-electron chi connectivity index (χ2n) is 4.46. The molecule has 0 radical (unpaired) electrons. The van der Waals surface area contributed by atoms with Gasteiger partial charge in [-0.1, -0.05) is 18.7 Å². The zero-order chi connectivity index (χ0) is 15.0. The number of nitrogens with zero attached hydrogens (tertiary/aromatic N) is 2. The van der Waals surface area contributed by atoms with Crippen molar-refractivity contribution in [3.63, 3.8) is 0 Å². The van der Waals surface area contributed by atoms with E-state index in [9.17, 15) is 8.42 Å². The third-order valence-corrected chi connectivity index (χ3v) is 4.02. The summed E-state index contributed by atoms with van der Waals surface area (Å²) in [4.78, 5) is 8.71. The fourth-order valence-corrected chi connectivity index (χ4v) is 2.55. The molecule has 20 heavy (non-hydrogen) atoms. The molecule has 0 amide bonds. The van der Waals surface area contributed by atoms with Crippen molar-refractivity contribution >= 4 is 33.2 Å². The molecule has 6 nitrogen and oxygen atoms in total. The summed E-state index contributed by atoms with van der Waals surface area (Å²) in [6.07, 6.45) is 4.76. The van der Waals surface area contributed by atoms with Crippen LogP contribution in [0.25, 0.3) is 0 Å². The fourth-order valence-electron chi connectivity index (χ4n) is 1.50. The lowest BCUT2D eigenvalue weighted by molar-refractivity contribution is 0.600. The Balaban J connectivity index is 2.59. The highest BCUT2D eigenvalue weighted by atomic mass is 32.2. The lowest BCUT2D eigenvalue weighted by Crippen LogP contribution is -2.11. The monoisotopic (exact) mass is 318 g/mol. The van der Waals surface area contributed by atoms with Gasteiger partial charge in [-0.25, -0.2) is 18.4 Å². The molecule has 0 aliphatic carbocycles.